The van der Waals surface area contributed by atoms with Crippen molar-refractivity contribution >= 4 is 5.78 Å². The molecule has 16 heavy (non-hydrogen) atoms. The average Bonchev–Trinajstić information content (AvgIpc) is 2.45. The highest BCUT2D eigenvalue weighted by atomic mass is 16.1. The molecule has 1 saturated carbocycles. The van der Waals surface area contributed by atoms with Crippen molar-refractivity contribution in [1.82, 2.24) is 4.90 Å². The molecule has 0 spiro atoms. The van der Waals surface area contributed by atoms with Crippen molar-refractivity contribution in [3.63, 3.8) is 0 Å². The Kier molecular flexibility index (Phi) is 4.54. The Morgan fingerprint density at radius 1 is 1.50 bits per heavy atom. The van der Waals surface area contributed by atoms with Crippen molar-refractivity contribution in [2.24, 2.45) is 17.3 Å². The van der Waals surface area contributed by atoms with Crippen molar-refractivity contribution in [2.45, 2.75) is 47.0 Å². The van der Waals surface area contributed by atoms with Crippen LogP contribution in [0.3, 0.4) is 0 Å². The number of hydrogen-bond donors (Lipinski definition) is 0. The summed E-state index contributed by atoms with van der Waals surface area (Å²) in [5.74, 6) is 1.49. The highest BCUT2D eigenvalue weighted by Crippen LogP contribution is 2.37. The van der Waals surface area contributed by atoms with E-state index in [0.29, 0.717) is 5.78 Å². The molecule has 0 aliphatic heterocycles. The Morgan fingerprint density at radius 2 is 2.12 bits per heavy atom. The minimum absolute atomic E-state index is 0.0676. The van der Waals surface area contributed by atoms with Gasteiger partial charge in [-0.3, -0.25) is 4.79 Å². The average molecular weight is 225 g/mol. The van der Waals surface area contributed by atoms with E-state index in [4.69, 9.17) is 0 Å². The van der Waals surface area contributed by atoms with Crippen molar-refractivity contribution in [1.29, 1.82) is 0 Å². The summed E-state index contributed by atoms with van der Waals surface area (Å²) < 4.78 is 0. The molecule has 0 heterocycles. The van der Waals surface area contributed by atoms with E-state index in [1.807, 2.05) is 0 Å². The third-order valence-electron chi connectivity index (χ3n) is 4.01. The Hall–Kier alpha value is -0.370. The van der Waals surface area contributed by atoms with E-state index < -0.39 is 0 Å². The van der Waals surface area contributed by atoms with Crippen LogP contribution in [0.1, 0.15) is 47.0 Å². The van der Waals surface area contributed by atoms with Crippen LogP contribution >= 0.6 is 0 Å². The quantitative estimate of drug-likeness (QED) is 0.717. The lowest BCUT2D eigenvalue weighted by molar-refractivity contribution is -0.127. The van der Waals surface area contributed by atoms with Crippen LogP contribution in [0.15, 0.2) is 0 Å². The standard InChI is InChI=1S/C14H27NO/c1-6-11(2)9-15(5)10-12-7-8-14(3,4)13(12)16/h11-12H,6-10H2,1-5H3. The zero-order chi connectivity index (χ0) is 12.3. The molecule has 0 aromatic rings. The summed E-state index contributed by atoms with van der Waals surface area (Å²) in [5.41, 5.74) is -0.0676. The second kappa shape index (κ2) is 5.31. The zero-order valence-corrected chi connectivity index (χ0v) is 11.5. The van der Waals surface area contributed by atoms with E-state index >= 15 is 0 Å². The van der Waals surface area contributed by atoms with E-state index in [9.17, 15) is 4.79 Å². The van der Waals surface area contributed by atoms with Gasteiger partial charge in [0.1, 0.15) is 5.78 Å². The highest BCUT2D eigenvalue weighted by molar-refractivity contribution is 5.88. The van der Waals surface area contributed by atoms with Crippen molar-refractivity contribution < 1.29 is 4.79 Å². The van der Waals surface area contributed by atoms with E-state index in [0.717, 1.165) is 31.8 Å². The molecular formula is C14H27NO. The predicted octanol–water partition coefficient (Wildman–Crippen LogP) is 2.97. The largest absolute Gasteiger partial charge is 0.305 e. The third-order valence-corrected chi connectivity index (χ3v) is 4.01. The Morgan fingerprint density at radius 3 is 2.56 bits per heavy atom. The molecule has 0 saturated heterocycles. The minimum Gasteiger partial charge on any atom is -0.305 e. The van der Waals surface area contributed by atoms with Gasteiger partial charge in [0.25, 0.3) is 0 Å². The van der Waals surface area contributed by atoms with Gasteiger partial charge in [-0.2, -0.15) is 0 Å². The van der Waals surface area contributed by atoms with Gasteiger partial charge in [-0.15, -0.1) is 0 Å². The van der Waals surface area contributed by atoms with Crippen LogP contribution in [0.5, 0.6) is 0 Å². The maximum Gasteiger partial charge on any atom is 0.142 e. The van der Waals surface area contributed by atoms with Gasteiger partial charge in [0.05, 0.1) is 0 Å². The van der Waals surface area contributed by atoms with Crippen LogP contribution in [0.25, 0.3) is 0 Å². The highest BCUT2D eigenvalue weighted by Gasteiger charge is 2.40. The molecule has 0 aromatic heterocycles. The molecule has 2 heteroatoms. The number of Topliss-reactive ketones (excluding diaryl/α,β-unsaturated/α-hetero) is 1. The summed E-state index contributed by atoms with van der Waals surface area (Å²) in [5, 5.41) is 0. The van der Waals surface area contributed by atoms with Gasteiger partial charge in [-0.05, 0) is 25.8 Å². The van der Waals surface area contributed by atoms with Crippen LogP contribution < -0.4 is 0 Å². The Balaban J connectivity index is 2.41. The molecule has 0 aromatic carbocycles. The van der Waals surface area contributed by atoms with Gasteiger partial charge < -0.3 is 4.90 Å². The molecule has 1 aliphatic rings. The number of nitrogens with zero attached hydrogens (tertiary/aromatic N) is 1. The number of rotatable bonds is 5. The van der Waals surface area contributed by atoms with Gasteiger partial charge in [0.15, 0.2) is 0 Å². The summed E-state index contributed by atoms with van der Waals surface area (Å²) >= 11 is 0. The third kappa shape index (κ3) is 3.31. The SMILES string of the molecule is CCC(C)CN(C)CC1CCC(C)(C)C1=O. The van der Waals surface area contributed by atoms with Gasteiger partial charge in [0, 0.05) is 24.4 Å². The summed E-state index contributed by atoms with van der Waals surface area (Å²) in [7, 11) is 2.14. The van der Waals surface area contributed by atoms with Gasteiger partial charge in [-0.25, -0.2) is 0 Å². The fraction of sp³-hybridized carbons (Fsp3) is 0.929. The van der Waals surface area contributed by atoms with Gasteiger partial charge in [0.2, 0.25) is 0 Å². The lowest BCUT2D eigenvalue weighted by Gasteiger charge is -2.24. The Bertz CT molecular complexity index is 247. The first-order valence-corrected chi connectivity index (χ1v) is 6.59. The second-order valence-electron chi connectivity index (χ2n) is 6.22. The first kappa shape index (κ1) is 13.7. The fourth-order valence-electron chi connectivity index (χ4n) is 2.63. The molecule has 2 atom stereocenters. The fourth-order valence-corrected chi connectivity index (χ4v) is 2.63. The zero-order valence-electron chi connectivity index (χ0n) is 11.5. The first-order valence-electron chi connectivity index (χ1n) is 6.59. The van der Waals surface area contributed by atoms with Gasteiger partial charge in [-0.1, -0.05) is 34.1 Å². The summed E-state index contributed by atoms with van der Waals surface area (Å²) in [6, 6.07) is 0. The molecule has 0 N–H and O–H groups in total. The van der Waals surface area contributed by atoms with Crippen molar-refractivity contribution in [3.05, 3.63) is 0 Å². The van der Waals surface area contributed by atoms with Crippen molar-refractivity contribution in [2.75, 3.05) is 20.1 Å². The summed E-state index contributed by atoms with van der Waals surface area (Å²) in [6.45, 7) is 10.7. The lowest BCUT2D eigenvalue weighted by Crippen LogP contribution is -2.33. The summed E-state index contributed by atoms with van der Waals surface area (Å²) in [4.78, 5) is 14.4. The Labute approximate surface area is 100 Å². The van der Waals surface area contributed by atoms with Crippen LogP contribution in [-0.2, 0) is 4.79 Å². The van der Waals surface area contributed by atoms with E-state index in [2.05, 4.69) is 39.6 Å². The maximum absolute atomic E-state index is 12.1. The molecule has 1 fully saturated rings. The van der Waals surface area contributed by atoms with Crippen LogP contribution in [0, 0.1) is 17.3 Å². The molecule has 0 radical (unpaired) electrons. The van der Waals surface area contributed by atoms with Crippen molar-refractivity contribution in [3.8, 4) is 0 Å². The molecule has 2 nitrogen and oxygen atoms in total. The van der Waals surface area contributed by atoms with Crippen LogP contribution in [0.2, 0.25) is 0 Å². The van der Waals surface area contributed by atoms with Crippen LogP contribution in [-0.4, -0.2) is 30.8 Å². The maximum atomic E-state index is 12.1. The molecule has 2 unspecified atom stereocenters. The number of carbonyl (C=O) groups is 1. The molecule has 0 amide bonds. The molecule has 94 valence electrons. The smallest absolute Gasteiger partial charge is 0.142 e. The van der Waals surface area contributed by atoms with Crippen LogP contribution in [0.4, 0.5) is 0 Å². The molecular weight excluding hydrogens is 198 g/mol. The van der Waals surface area contributed by atoms with E-state index in [-0.39, 0.29) is 11.3 Å². The normalized spacial score (nSPS) is 26.4. The number of ketones is 1. The lowest BCUT2D eigenvalue weighted by atomic mass is 9.89. The van der Waals surface area contributed by atoms with Gasteiger partial charge >= 0.3 is 0 Å². The topological polar surface area (TPSA) is 20.3 Å². The first-order chi connectivity index (χ1) is 7.36. The monoisotopic (exact) mass is 225 g/mol. The molecule has 1 aliphatic carbocycles. The second-order valence-corrected chi connectivity index (χ2v) is 6.22. The molecule has 1 rings (SSSR count). The minimum atomic E-state index is -0.0676. The number of carbonyl (C=O) groups excluding carboxylic acids is 1. The van der Waals surface area contributed by atoms with E-state index in [1.165, 1.54) is 6.42 Å². The predicted molar refractivity (Wildman–Crippen MR) is 68.5 cm³/mol. The number of hydrogen-bond acceptors (Lipinski definition) is 2. The van der Waals surface area contributed by atoms with E-state index in [1.54, 1.807) is 0 Å². The summed E-state index contributed by atoms with van der Waals surface area (Å²) in [6.07, 6.45) is 3.36. The molecule has 0 bridgehead atoms.